The Morgan fingerprint density at radius 1 is 1.14 bits per heavy atom. The maximum Gasteiger partial charge on any atom is 0.227 e. The molecule has 0 saturated heterocycles. The van der Waals surface area contributed by atoms with Crippen molar-refractivity contribution in [2.24, 2.45) is 5.73 Å². The second-order valence-corrected chi connectivity index (χ2v) is 3.80. The molecule has 5 heteroatoms. The maximum atomic E-state index is 6.18. The van der Waals surface area contributed by atoms with Gasteiger partial charge in [0.05, 0.1) is 5.66 Å². The van der Waals surface area contributed by atoms with E-state index >= 15 is 0 Å². The molecule has 14 heavy (non-hydrogen) atoms. The Balaban J connectivity index is 2.02. The molecule has 1 heterocycles. The summed E-state index contributed by atoms with van der Waals surface area (Å²) in [6, 6.07) is 0. The molecule has 0 amide bonds. The van der Waals surface area contributed by atoms with E-state index in [4.69, 9.17) is 5.73 Å². The predicted molar refractivity (Wildman–Crippen MR) is 53.5 cm³/mol. The molecular formula is C9H15N5. The van der Waals surface area contributed by atoms with Crippen molar-refractivity contribution in [2.45, 2.75) is 37.8 Å². The lowest BCUT2D eigenvalue weighted by molar-refractivity contribution is 0.331. The molecule has 0 spiro atoms. The van der Waals surface area contributed by atoms with E-state index in [9.17, 15) is 0 Å². The Bertz CT molecular complexity index is 281. The van der Waals surface area contributed by atoms with Crippen LogP contribution in [0.4, 0.5) is 5.95 Å². The van der Waals surface area contributed by atoms with Crippen LogP contribution in [0.25, 0.3) is 0 Å². The zero-order chi connectivity index (χ0) is 9.86. The van der Waals surface area contributed by atoms with Gasteiger partial charge in [-0.2, -0.15) is 0 Å². The van der Waals surface area contributed by atoms with E-state index in [0.717, 1.165) is 12.8 Å². The van der Waals surface area contributed by atoms with Crippen LogP contribution in [0.5, 0.6) is 0 Å². The fourth-order valence-corrected chi connectivity index (χ4v) is 1.83. The van der Waals surface area contributed by atoms with E-state index in [-0.39, 0.29) is 5.66 Å². The maximum absolute atomic E-state index is 6.18. The second kappa shape index (κ2) is 3.88. The number of hydrogen-bond acceptors (Lipinski definition) is 5. The molecule has 0 aliphatic heterocycles. The number of anilines is 1. The molecule has 2 rings (SSSR count). The van der Waals surface area contributed by atoms with Gasteiger partial charge < -0.3 is 11.1 Å². The van der Waals surface area contributed by atoms with Crippen molar-refractivity contribution in [3.63, 3.8) is 0 Å². The van der Waals surface area contributed by atoms with Crippen LogP contribution in [0.15, 0.2) is 12.7 Å². The second-order valence-electron chi connectivity index (χ2n) is 3.80. The number of aromatic nitrogens is 3. The lowest BCUT2D eigenvalue weighted by Gasteiger charge is -2.34. The zero-order valence-corrected chi connectivity index (χ0v) is 8.11. The van der Waals surface area contributed by atoms with E-state index in [1.165, 1.54) is 31.9 Å². The molecule has 1 fully saturated rings. The fraction of sp³-hybridized carbons (Fsp3) is 0.667. The summed E-state index contributed by atoms with van der Waals surface area (Å²) in [6.07, 6.45) is 8.54. The molecule has 0 radical (unpaired) electrons. The van der Waals surface area contributed by atoms with Crippen molar-refractivity contribution in [3.8, 4) is 0 Å². The third-order valence-electron chi connectivity index (χ3n) is 2.60. The minimum Gasteiger partial charge on any atom is -0.336 e. The van der Waals surface area contributed by atoms with Crippen LogP contribution >= 0.6 is 0 Å². The molecule has 1 aliphatic rings. The molecule has 1 aromatic rings. The molecular weight excluding hydrogens is 178 g/mol. The van der Waals surface area contributed by atoms with Gasteiger partial charge in [-0.1, -0.05) is 6.42 Å². The summed E-state index contributed by atoms with van der Waals surface area (Å²) in [5.41, 5.74) is 5.86. The Morgan fingerprint density at radius 3 is 2.43 bits per heavy atom. The fourth-order valence-electron chi connectivity index (χ4n) is 1.83. The SMILES string of the molecule is NC1(Nc2ncncn2)CCCCC1. The molecule has 76 valence electrons. The molecule has 1 saturated carbocycles. The first kappa shape index (κ1) is 9.33. The number of nitrogens with one attached hydrogen (secondary N) is 1. The first-order valence-corrected chi connectivity index (χ1v) is 4.98. The van der Waals surface area contributed by atoms with Gasteiger partial charge in [0.1, 0.15) is 12.7 Å². The molecule has 0 bridgehead atoms. The van der Waals surface area contributed by atoms with Crippen LogP contribution in [0.2, 0.25) is 0 Å². The van der Waals surface area contributed by atoms with Crippen LogP contribution < -0.4 is 11.1 Å². The Kier molecular flexibility index (Phi) is 2.58. The van der Waals surface area contributed by atoms with Gasteiger partial charge >= 0.3 is 0 Å². The third-order valence-corrected chi connectivity index (χ3v) is 2.60. The Hall–Kier alpha value is -1.23. The molecule has 3 N–H and O–H groups in total. The van der Waals surface area contributed by atoms with Crippen molar-refractivity contribution in [3.05, 3.63) is 12.7 Å². The molecule has 1 aromatic heterocycles. The van der Waals surface area contributed by atoms with Gasteiger partial charge in [0, 0.05) is 0 Å². The highest BCUT2D eigenvalue weighted by Crippen LogP contribution is 2.25. The third kappa shape index (κ3) is 2.17. The van der Waals surface area contributed by atoms with Gasteiger partial charge in [0.2, 0.25) is 5.95 Å². The predicted octanol–water partition coefficient (Wildman–Crippen LogP) is 0.903. The highest BCUT2D eigenvalue weighted by atomic mass is 15.2. The van der Waals surface area contributed by atoms with Crippen molar-refractivity contribution >= 4 is 5.95 Å². The Labute approximate surface area is 83.2 Å². The van der Waals surface area contributed by atoms with Crippen LogP contribution in [-0.2, 0) is 0 Å². The summed E-state index contributed by atoms with van der Waals surface area (Å²) >= 11 is 0. The number of nitrogens with two attached hydrogens (primary N) is 1. The summed E-state index contributed by atoms with van der Waals surface area (Å²) < 4.78 is 0. The van der Waals surface area contributed by atoms with Crippen LogP contribution in [0.3, 0.4) is 0 Å². The summed E-state index contributed by atoms with van der Waals surface area (Å²) in [7, 11) is 0. The summed E-state index contributed by atoms with van der Waals surface area (Å²) in [5, 5.41) is 3.17. The lowest BCUT2D eigenvalue weighted by Crippen LogP contribution is -2.49. The van der Waals surface area contributed by atoms with Gasteiger partial charge in [-0.15, -0.1) is 0 Å². The minimum absolute atomic E-state index is 0.320. The lowest BCUT2D eigenvalue weighted by atomic mass is 9.90. The first-order valence-electron chi connectivity index (χ1n) is 4.98. The topological polar surface area (TPSA) is 76.7 Å². The molecule has 0 atom stereocenters. The largest absolute Gasteiger partial charge is 0.336 e. The quantitative estimate of drug-likeness (QED) is 0.682. The van der Waals surface area contributed by atoms with Crippen molar-refractivity contribution in [1.29, 1.82) is 0 Å². The van der Waals surface area contributed by atoms with E-state index < -0.39 is 0 Å². The molecule has 0 aromatic carbocycles. The normalized spacial score (nSPS) is 20.4. The van der Waals surface area contributed by atoms with Crippen LogP contribution in [0, 0.1) is 0 Å². The smallest absolute Gasteiger partial charge is 0.227 e. The van der Waals surface area contributed by atoms with E-state index in [2.05, 4.69) is 20.3 Å². The zero-order valence-electron chi connectivity index (χ0n) is 8.11. The van der Waals surface area contributed by atoms with Crippen molar-refractivity contribution in [2.75, 3.05) is 5.32 Å². The van der Waals surface area contributed by atoms with Crippen molar-refractivity contribution in [1.82, 2.24) is 15.0 Å². The van der Waals surface area contributed by atoms with Gasteiger partial charge in [0.25, 0.3) is 0 Å². The average molecular weight is 193 g/mol. The monoisotopic (exact) mass is 193 g/mol. The highest BCUT2D eigenvalue weighted by molar-refractivity contribution is 5.26. The Morgan fingerprint density at radius 2 is 1.79 bits per heavy atom. The van der Waals surface area contributed by atoms with E-state index in [0.29, 0.717) is 5.95 Å². The summed E-state index contributed by atoms with van der Waals surface area (Å²) in [6.45, 7) is 0. The van der Waals surface area contributed by atoms with Gasteiger partial charge in [-0.05, 0) is 25.7 Å². The van der Waals surface area contributed by atoms with Crippen molar-refractivity contribution < 1.29 is 0 Å². The van der Waals surface area contributed by atoms with E-state index in [1.807, 2.05) is 0 Å². The number of hydrogen-bond donors (Lipinski definition) is 2. The first-order chi connectivity index (χ1) is 6.79. The van der Waals surface area contributed by atoms with Gasteiger partial charge in [0.15, 0.2) is 0 Å². The molecule has 0 unspecified atom stereocenters. The van der Waals surface area contributed by atoms with Gasteiger partial charge in [-0.25, -0.2) is 15.0 Å². The minimum atomic E-state index is -0.320. The highest BCUT2D eigenvalue weighted by Gasteiger charge is 2.27. The van der Waals surface area contributed by atoms with Crippen LogP contribution in [0.1, 0.15) is 32.1 Å². The number of nitrogens with zero attached hydrogens (tertiary/aromatic N) is 3. The molecule has 5 nitrogen and oxygen atoms in total. The van der Waals surface area contributed by atoms with Gasteiger partial charge in [-0.3, -0.25) is 0 Å². The summed E-state index contributed by atoms with van der Waals surface area (Å²) in [5.74, 6) is 0.574. The average Bonchev–Trinajstić information content (AvgIpc) is 2.19. The van der Waals surface area contributed by atoms with E-state index in [1.54, 1.807) is 0 Å². The standard InChI is InChI=1S/C9H15N5/c10-9(4-2-1-3-5-9)14-8-12-6-11-7-13-8/h6-7H,1-5,10H2,(H,11,12,13,14). The van der Waals surface area contributed by atoms with Crippen LogP contribution in [-0.4, -0.2) is 20.6 Å². The summed E-state index contributed by atoms with van der Waals surface area (Å²) in [4.78, 5) is 11.8. The number of rotatable bonds is 2. The molecule has 1 aliphatic carbocycles.